The highest BCUT2D eigenvalue weighted by Crippen LogP contribution is 2.25. The summed E-state index contributed by atoms with van der Waals surface area (Å²) in [6.07, 6.45) is 0. The highest BCUT2D eigenvalue weighted by Gasteiger charge is 2.19. The van der Waals surface area contributed by atoms with Gasteiger partial charge in [-0.1, -0.05) is 22.9 Å². The van der Waals surface area contributed by atoms with Crippen LogP contribution in [0.25, 0.3) is 4.96 Å². The SMILES string of the molecule is Cc1cc(=O)n2c(C(=O)O)c(Cl)sc2n1. The van der Waals surface area contributed by atoms with E-state index in [9.17, 15) is 9.59 Å². The lowest BCUT2D eigenvalue weighted by atomic mass is 10.4. The second-order valence-corrected chi connectivity index (χ2v) is 4.46. The quantitative estimate of drug-likeness (QED) is 0.823. The third-order valence-corrected chi connectivity index (χ3v) is 3.05. The first-order valence-electron chi connectivity index (χ1n) is 3.92. The molecule has 2 heterocycles. The van der Waals surface area contributed by atoms with Crippen molar-refractivity contribution in [2.45, 2.75) is 6.92 Å². The van der Waals surface area contributed by atoms with Crippen LogP contribution >= 0.6 is 22.9 Å². The Labute approximate surface area is 92.6 Å². The fourth-order valence-corrected chi connectivity index (χ4v) is 2.51. The summed E-state index contributed by atoms with van der Waals surface area (Å²) < 4.78 is 1.06. The molecule has 0 unspecified atom stereocenters. The first kappa shape index (κ1) is 10.1. The minimum absolute atomic E-state index is 0.0534. The number of hydrogen-bond donors (Lipinski definition) is 1. The van der Waals surface area contributed by atoms with E-state index < -0.39 is 11.5 Å². The van der Waals surface area contributed by atoms with Crippen LogP contribution in [0.5, 0.6) is 0 Å². The van der Waals surface area contributed by atoms with Gasteiger partial charge < -0.3 is 5.11 Å². The van der Waals surface area contributed by atoms with E-state index in [2.05, 4.69) is 4.98 Å². The molecule has 0 aliphatic rings. The minimum Gasteiger partial charge on any atom is -0.476 e. The zero-order valence-electron chi connectivity index (χ0n) is 7.52. The van der Waals surface area contributed by atoms with Gasteiger partial charge in [-0.15, -0.1) is 0 Å². The van der Waals surface area contributed by atoms with E-state index >= 15 is 0 Å². The van der Waals surface area contributed by atoms with Crippen molar-refractivity contribution in [3.63, 3.8) is 0 Å². The number of carbonyl (C=O) groups is 1. The number of carboxylic acids is 1. The molecule has 0 amide bonds. The molecule has 2 aromatic rings. The summed E-state index contributed by atoms with van der Waals surface area (Å²) in [4.78, 5) is 26.7. The van der Waals surface area contributed by atoms with Gasteiger partial charge in [-0.3, -0.25) is 4.79 Å². The number of aromatic carboxylic acids is 1. The van der Waals surface area contributed by atoms with E-state index in [1.807, 2.05) is 0 Å². The Bertz CT molecular complexity index is 616. The van der Waals surface area contributed by atoms with Gasteiger partial charge in [0.15, 0.2) is 10.7 Å². The van der Waals surface area contributed by atoms with Crippen LogP contribution in [0.4, 0.5) is 0 Å². The lowest BCUT2D eigenvalue weighted by Crippen LogP contribution is -2.18. The number of nitrogens with zero attached hydrogens (tertiary/aromatic N) is 2. The molecule has 0 aromatic carbocycles. The smallest absolute Gasteiger partial charge is 0.355 e. The molecule has 2 aromatic heterocycles. The molecular weight excluding hydrogens is 240 g/mol. The van der Waals surface area contributed by atoms with Crippen LogP contribution in [-0.4, -0.2) is 20.5 Å². The van der Waals surface area contributed by atoms with Crippen LogP contribution in [0.3, 0.4) is 0 Å². The van der Waals surface area contributed by atoms with Gasteiger partial charge in [-0.05, 0) is 6.92 Å². The summed E-state index contributed by atoms with van der Waals surface area (Å²) in [5.74, 6) is -1.24. The Morgan fingerprint density at radius 3 is 2.93 bits per heavy atom. The predicted octanol–water partition coefficient (Wildman–Crippen LogP) is 1.42. The number of halogens is 1. The summed E-state index contributed by atoms with van der Waals surface area (Å²) >= 11 is 6.70. The zero-order valence-corrected chi connectivity index (χ0v) is 9.09. The van der Waals surface area contributed by atoms with Crippen LogP contribution < -0.4 is 5.56 Å². The van der Waals surface area contributed by atoms with Crippen LogP contribution in [0.1, 0.15) is 16.2 Å². The van der Waals surface area contributed by atoms with Crippen LogP contribution in [0, 0.1) is 6.92 Å². The third kappa shape index (κ3) is 1.51. The lowest BCUT2D eigenvalue weighted by molar-refractivity contribution is 0.0689. The maximum absolute atomic E-state index is 11.5. The number of thiazole rings is 1. The maximum Gasteiger partial charge on any atom is 0.355 e. The fraction of sp³-hybridized carbons (Fsp3) is 0.125. The number of rotatable bonds is 1. The van der Waals surface area contributed by atoms with E-state index in [1.54, 1.807) is 6.92 Å². The maximum atomic E-state index is 11.5. The van der Waals surface area contributed by atoms with E-state index in [4.69, 9.17) is 16.7 Å². The molecule has 7 heteroatoms. The largest absolute Gasteiger partial charge is 0.476 e. The Kier molecular flexibility index (Phi) is 2.24. The lowest BCUT2D eigenvalue weighted by Gasteiger charge is -1.96. The number of carboxylic acid groups (broad SMARTS) is 1. The summed E-state index contributed by atoms with van der Waals surface area (Å²) in [6.45, 7) is 1.66. The van der Waals surface area contributed by atoms with Gasteiger partial charge in [0.05, 0.1) is 0 Å². The molecular formula is C8H5ClN2O3S. The molecule has 78 valence electrons. The fourth-order valence-electron chi connectivity index (χ4n) is 1.24. The van der Waals surface area contributed by atoms with Crippen molar-refractivity contribution in [3.8, 4) is 0 Å². The van der Waals surface area contributed by atoms with E-state index in [0.29, 0.717) is 10.7 Å². The topological polar surface area (TPSA) is 71.7 Å². The van der Waals surface area contributed by atoms with E-state index in [0.717, 1.165) is 15.7 Å². The Morgan fingerprint density at radius 1 is 1.67 bits per heavy atom. The molecule has 1 N–H and O–H groups in total. The first-order chi connectivity index (χ1) is 7.00. The highest BCUT2D eigenvalue weighted by molar-refractivity contribution is 7.21. The van der Waals surface area contributed by atoms with Gasteiger partial charge in [0, 0.05) is 11.8 Å². The normalized spacial score (nSPS) is 10.8. The van der Waals surface area contributed by atoms with Gasteiger partial charge in [0.25, 0.3) is 5.56 Å². The molecule has 0 fully saturated rings. The van der Waals surface area contributed by atoms with Crippen LogP contribution in [0.15, 0.2) is 10.9 Å². The van der Waals surface area contributed by atoms with Gasteiger partial charge >= 0.3 is 5.97 Å². The second-order valence-electron chi connectivity index (χ2n) is 2.88. The summed E-state index contributed by atoms with van der Waals surface area (Å²) in [5.41, 5.74) is -0.123. The first-order valence-corrected chi connectivity index (χ1v) is 5.12. The van der Waals surface area contributed by atoms with Gasteiger partial charge in [0.1, 0.15) is 4.34 Å². The van der Waals surface area contributed by atoms with Crippen LogP contribution in [-0.2, 0) is 0 Å². The Morgan fingerprint density at radius 2 is 2.33 bits per heavy atom. The standard InChI is InChI=1S/C8H5ClN2O3S/c1-3-2-4(12)11-5(7(13)14)6(9)15-8(11)10-3/h2H,1H3,(H,13,14). The van der Waals surface area contributed by atoms with Crippen molar-refractivity contribution >= 4 is 33.9 Å². The number of aryl methyl sites for hydroxylation is 1. The number of aromatic nitrogens is 2. The average molecular weight is 245 g/mol. The molecule has 0 bridgehead atoms. The van der Waals surface area contributed by atoms with Gasteiger partial charge in [-0.2, -0.15) is 0 Å². The van der Waals surface area contributed by atoms with Gasteiger partial charge in [0.2, 0.25) is 0 Å². The zero-order chi connectivity index (χ0) is 11.2. The van der Waals surface area contributed by atoms with Crippen molar-refractivity contribution in [2.75, 3.05) is 0 Å². The Hall–Kier alpha value is -1.40. The Balaban J connectivity index is 3.00. The minimum atomic E-state index is -1.24. The van der Waals surface area contributed by atoms with Crippen molar-refractivity contribution < 1.29 is 9.90 Å². The van der Waals surface area contributed by atoms with Crippen molar-refractivity contribution in [3.05, 3.63) is 32.1 Å². The van der Waals surface area contributed by atoms with Crippen molar-refractivity contribution in [1.29, 1.82) is 0 Å². The molecule has 2 rings (SSSR count). The van der Waals surface area contributed by atoms with Gasteiger partial charge in [-0.25, -0.2) is 14.2 Å². The molecule has 0 spiro atoms. The molecule has 15 heavy (non-hydrogen) atoms. The number of hydrogen-bond acceptors (Lipinski definition) is 4. The summed E-state index contributed by atoms with van der Waals surface area (Å²) in [5, 5.41) is 8.88. The third-order valence-electron chi connectivity index (χ3n) is 1.81. The highest BCUT2D eigenvalue weighted by atomic mass is 35.5. The molecule has 0 saturated carbocycles. The van der Waals surface area contributed by atoms with E-state index in [-0.39, 0.29) is 10.0 Å². The predicted molar refractivity (Wildman–Crippen MR) is 56.0 cm³/mol. The number of fused-ring (bicyclic) bond motifs is 1. The molecule has 0 atom stereocenters. The van der Waals surface area contributed by atoms with Crippen LogP contribution in [0.2, 0.25) is 4.34 Å². The van der Waals surface area contributed by atoms with Crippen molar-refractivity contribution in [2.24, 2.45) is 0 Å². The summed E-state index contributed by atoms with van der Waals surface area (Å²) in [6, 6.07) is 1.27. The average Bonchev–Trinajstić information content (AvgIpc) is 2.40. The molecule has 0 aliphatic carbocycles. The second kappa shape index (κ2) is 3.32. The molecule has 0 aliphatic heterocycles. The molecule has 0 radical (unpaired) electrons. The summed E-state index contributed by atoms with van der Waals surface area (Å²) in [7, 11) is 0. The monoisotopic (exact) mass is 244 g/mol. The molecule has 5 nitrogen and oxygen atoms in total. The van der Waals surface area contributed by atoms with Crippen molar-refractivity contribution in [1.82, 2.24) is 9.38 Å². The van der Waals surface area contributed by atoms with E-state index in [1.165, 1.54) is 6.07 Å². The molecule has 0 saturated heterocycles.